The fourth-order valence-corrected chi connectivity index (χ4v) is 2.70. The first-order valence-electron chi connectivity index (χ1n) is 6.85. The van der Waals surface area contributed by atoms with E-state index in [1.165, 1.54) is 0 Å². The van der Waals surface area contributed by atoms with Gasteiger partial charge in [0.2, 0.25) is 0 Å². The molecule has 1 atom stereocenters. The van der Waals surface area contributed by atoms with E-state index in [1.54, 1.807) is 7.11 Å². The van der Waals surface area contributed by atoms with Crippen LogP contribution in [0, 0.1) is 0 Å². The Morgan fingerprint density at radius 2 is 2.15 bits per heavy atom. The zero-order valence-electron chi connectivity index (χ0n) is 11.6. The Labute approximate surface area is 118 Å². The molecular formula is C15H19N3O2. The van der Waals surface area contributed by atoms with Crippen LogP contribution in [0.4, 0.5) is 5.82 Å². The molecule has 1 aromatic heterocycles. The Balaban J connectivity index is 1.96. The van der Waals surface area contributed by atoms with Crippen molar-refractivity contribution in [2.75, 3.05) is 26.1 Å². The van der Waals surface area contributed by atoms with Gasteiger partial charge in [-0.25, -0.2) is 0 Å². The van der Waals surface area contributed by atoms with Crippen molar-refractivity contribution in [2.24, 2.45) is 0 Å². The average molecular weight is 273 g/mol. The number of nitrogens with zero attached hydrogens (tertiary/aromatic N) is 1. The lowest BCUT2D eigenvalue weighted by molar-refractivity contribution is 0.0794. The third-order valence-electron chi connectivity index (χ3n) is 3.77. The number of nitrogens with two attached hydrogens (primary N) is 1. The van der Waals surface area contributed by atoms with Gasteiger partial charge in [0.15, 0.2) is 5.82 Å². The number of hydrogen-bond acceptors (Lipinski definition) is 4. The second-order valence-electron chi connectivity index (χ2n) is 5.04. The lowest BCUT2D eigenvalue weighted by Gasteiger charge is -2.22. The molecule has 1 fully saturated rings. The standard InChI is InChI=1S/C15H19N3O2/c1-19-12-6-4-10(5-7-12)13-14(17-18-15(13)16)11-3-2-8-20-9-11/h4-7,11H,2-3,8-9H2,1H3,(H3,16,17,18). The van der Waals surface area contributed by atoms with E-state index in [-0.39, 0.29) is 0 Å². The quantitative estimate of drug-likeness (QED) is 0.901. The van der Waals surface area contributed by atoms with Crippen LogP contribution >= 0.6 is 0 Å². The second kappa shape index (κ2) is 5.54. The maximum atomic E-state index is 6.04. The van der Waals surface area contributed by atoms with Crippen molar-refractivity contribution in [3.05, 3.63) is 30.0 Å². The summed E-state index contributed by atoms with van der Waals surface area (Å²) < 4.78 is 10.8. The molecule has 106 valence electrons. The van der Waals surface area contributed by atoms with E-state index in [9.17, 15) is 0 Å². The largest absolute Gasteiger partial charge is 0.497 e. The zero-order chi connectivity index (χ0) is 13.9. The third kappa shape index (κ3) is 2.36. The van der Waals surface area contributed by atoms with Gasteiger partial charge >= 0.3 is 0 Å². The fourth-order valence-electron chi connectivity index (χ4n) is 2.70. The van der Waals surface area contributed by atoms with E-state index in [2.05, 4.69) is 10.2 Å². The number of aromatic amines is 1. The summed E-state index contributed by atoms with van der Waals surface area (Å²) in [6.45, 7) is 1.57. The lowest BCUT2D eigenvalue weighted by atomic mass is 9.92. The fraction of sp³-hybridized carbons (Fsp3) is 0.400. The maximum Gasteiger partial charge on any atom is 0.153 e. The Bertz CT molecular complexity index is 571. The van der Waals surface area contributed by atoms with E-state index in [1.807, 2.05) is 24.3 Å². The molecule has 1 aromatic carbocycles. The van der Waals surface area contributed by atoms with Crippen molar-refractivity contribution < 1.29 is 9.47 Å². The van der Waals surface area contributed by atoms with Gasteiger partial charge in [-0.15, -0.1) is 0 Å². The molecule has 0 amide bonds. The zero-order valence-corrected chi connectivity index (χ0v) is 11.6. The first-order chi connectivity index (χ1) is 9.79. The van der Waals surface area contributed by atoms with Crippen LogP contribution in [-0.2, 0) is 4.74 Å². The second-order valence-corrected chi connectivity index (χ2v) is 5.04. The molecule has 3 N–H and O–H groups in total. The molecule has 0 radical (unpaired) electrons. The summed E-state index contributed by atoms with van der Waals surface area (Å²) in [5, 5.41) is 7.26. The summed E-state index contributed by atoms with van der Waals surface area (Å²) in [5.74, 6) is 1.71. The van der Waals surface area contributed by atoms with Gasteiger partial charge in [0.25, 0.3) is 0 Å². The molecule has 3 rings (SSSR count). The highest BCUT2D eigenvalue weighted by atomic mass is 16.5. The molecule has 1 saturated heterocycles. The molecule has 1 aliphatic heterocycles. The van der Waals surface area contributed by atoms with Crippen LogP contribution < -0.4 is 10.5 Å². The van der Waals surface area contributed by atoms with E-state index in [4.69, 9.17) is 15.2 Å². The Morgan fingerprint density at radius 3 is 2.80 bits per heavy atom. The molecule has 0 bridgehead atoms. The summed E-state index contributed by atoms with van der Waals surface area (Å²) in [5.41, 5.74) is 9.15. The highest BCUT2D eigenvalue weighted by Gasteiger charge is 2.23. The van der Waals surface area contributed by atoms with Gasteiger partial charge in [0, 0.05) is 18.1 Å². The molecule has 20 heavy (non-hydrogen) atoms. The number of H-pyrrole nitrogens is 1. The molecule has 1 unspecified atom stereocenters. The summed E-state index contributed by atoms with van der Waals surface area (Å²) in [6, 6.07) is 7.88. The number of hydrogen-bond donors (Lipinski definition) is 2. The summed E-state index contributed by atoms with van der Waals surface area (Å²) in [4.78, 5) is 0. The van der Waals surface area contributed by atoms with Crippen molar-refractivity contribution >= 4 is 5.82 Å². The van der Waals surface area contributed by atoms with Gasteiger partial charge in [-0.1, -0.05) is 12.1 Å². The smallest absolute Gasteiger partial charge is 0.153 e. The van der Waals surface area contributed by atoms with Crippen LogP contribution in [0.5, 0.6) is 5.75 Å². The van der Waals surface area contributed by atoms with E-state index in [0.29, 0.717) is 11.7 Å². The Morgan fingerprint density at radius 1 is 1.35 bits per heavy atom. The van der Waals surface area contributed by atoms with Gasteiger partial charge in [0.1, 0.15) is 5.75 Å². The number of rotatable bonds is 3. The van der Waals surface area contributed by atoms with Gasteiger partial charge in [-0.2, -0.15) is 5.10 Å². The van der Waals surface area contributed by atoms with Gasteiger partial charge in [-0.05, 0) is 30.5 Å². The topological polar surface area (TPSA) is 73.2 Å². The van der Waals surface area contributed by atoms with Crippen LogP contribution in [0.15, 0.2) is 24.3 Å². The minimum absolute atomic E-state index is 0.339. The SMILES string of the molecule is COc1ccc(-c2c(N)n[nH]c2C2CCCOC2)cc1. The lowest BCUT2D eigenvalue weighted by Crippen LogP contribution is -2.16. The van der Waals surface area contributed by atoms with Crippen LogP contribution in [0.1, 0.15) is 24.5 Å². The highest BCUT2D eigenvalue weighted by molar-refractivity contribution is 5.77. The van der Waals surface area contributed by atoms with Crippen molar-refractivity contribution in [3.8, 4) is 16.9 Å². The predicted octanol–water partition coefficient (Wildman–Crippen LogP) is 2.56. The molecule has 0 aliphatic carbocycles. The minimum atomic E-state index is 0.339. The average Bonchev–Trinajstić information content (AvgIpc) is 2.90. The van der Waals surface area contributed by atoms with E-state index < -0.39 is 0 Å². The number of nitrogens with one attached hydrogen (secondary N) is 1. The number of benzene rings is 1. The highest BCUT2D eigenvalue weighted by Crippen LogP contribution is 2.36. The van der Waals surface area contributed by atoms with Crippen molar-refractivity contribution in [1.82, 2.24) is 10.2 Å². The Kier molecular flexibility index (Phi) is 3.60. The van der Waals surface area contributed by atoms with E-state index in [0.717, 1.165) is 48.6 Å². The molecule has 5 nitrogen and oxygen atoms in total. The summed E-state index contributed by atoms with van der Waals surface area (Å²) >= 11 is 0. The third-order valence-corrected chi connectivity index (χ3v) is 3.77. The van der Waals surface area contributed by atoms with Crippen LogP contribution in [-0.4, -0.2) is 30.5 Å². The van der Waals surface area contributed by atoms with Gasteiger partial charge < -0.3 is 15.2 Å². The monoisotopic (exact) mass is 273 g/mol. The maximum absolute atomic E-state index is 6.04. The summed E-state index contributed by atoms with van der Waals surface area (Å²) in [6.07, 6.45) is 2.18. The number of ether oxygens (including phenoxy) is 2. The number of nitrogen functional groups attached to an aromatic ring is 1. The number of aromatic nitrogens is 2. The van der Waals surface area contributed by atoms with Crippen molar-refractivity contribution in [3.63, 3.8) is 0 Å². The predicted molar refractivity (Wildman–Crippen MR) is 77.8 cm³/mol. The number of anilines is 1. The van der Waals surface area contributed by atoms with Crippen molar-refractivity contribution in [1.29, 1.82) is 0 Å². The molecular weight excluding hydrogens is 254 g/mol. The normalized spacial score (nSPS) is 18.9. The first kappa shape index (κ1) is 13.0. The first-order valence-corrected chi connectivity index (χ1v) is 6.85. The summed E-state index contributed by atoms with van der Waals surface area (Å²) in [7, 11) is 1.66. The van der Waals surface area contributed by atoms with Crippen LogP contribution in [0.3, 0.4) is 0 Å². The molecule has 0 spiro atoms. The van der Waals surface area contributed by atoms with E-state index >= 15 is 0 Å². The van der Waals surface area contributed by atoms with Gasteiger partial charge in [-0.3, -0.25) is 5.10 Å². The minimum Gasteiger partial charge on any atom is -0.497 e. The number of methoxy groups -OCH3 is 1. The Hall–Kier alpha value is -2.01. The van der Waals surface area contributed by atoms with Gasteiger partial charge in [0.05, 0.1) is 19.4 Å². The molecule has 5 heteroatoms. The molecule has 0 saturated carbocycles. The van der Waals surface area contributed by atoms with Crippen LogP contribution in [0.2, 0.25) is 0 Å². The molecule has 1 aliphatic rings. The van der Waals surface area contributed by atoms with Crippen molar-refractivity contribution in [2.45, 2.75) is 18.8 Å². The van der Waals surface area contributed by atoms with Crippen LogP contribution in [0.25, 0.3) is 11.1 Å². The molecule has 2 aromatic rings. The molecule has 2 heterocycles.